The summed E-state index contributed by atoms with van der Waals surface area (Å²) in [4.78, 5) is 0. The van der Waals surface area contributed by atoms with Crippen LogP contribution in [0.3, 0.4) is 0 Å². The minimum Gasteiger partial charge on any atom is -0.375 e. The maximum absolute atomic E-state index is 6.16. The Balaban J connectivity index is 4.35. The highest BCUT2D eigenvalue weighted by Gasteiger charge is 2.33. The van der Waals surface area contributed by atoms with Crippen molar-refractivity contribution in [3.63, 3.8) is 0 Å². The second-order valence-corrected chi connectivity index (χ2v) is 10.3. The number of hydrogen-bond acceptors (Lipinski definition) is 4. The van der Waals surface area contributed by atoms with Gasteiger partial charge in [0.2, 0.25) is 0 Å². The Hall–Kier alpha value is 0.230. The second kappa shape index (κ2) is 8.36. The highest BCUT2D eigenvalue weighted by Crippen LogP contribution is 2.39. The summed E-state index contributed by atoms with van der Waals surface area (Å²) in [6.07, 6.45) is 2.93. The largest absolute Gasteiger partial charge is 0.375 e. The third kappa shape index (κ3) is 11.8. The lowest BCUT2D eigenvalue weighted by atomic mass is 9.76. The molecule has 0 saturated heterocycles. The first-order valence-electron chi connectivity index (χ1n) is 8.39. The van der Waals surface area contributed by atoms with Crippen LogP contribution in [0.15, 0.2) is 0 Å². The number of thiol groups is 1. The SMILES string of the molecule is CC(C)(S)CC(C)(C)CC(C)(C)OCCC(C)(C)OCCN. The zero-order valence-corrected chi connectivity index (χ0v) is 17.0. The van der Waals surface area contributed by atoms with E-state index in [-0.39, 0.29) is 21.4 Å². The van der Waals surface area contributed by atoms with Gasteiger partial charge in [0.15, 0.2) is 0 Å². The molecule has 0 unspecified atom stereocenters. The van der Waals surface area contributed by atoms with Crippen LogP contribution in [0.1, 0.15) is 74.7 Å². The van der Waals surface area contributed by atoms with Crippen LogP contribution in [-0.2, 0) is 9.47 Å². The summed E-state index contributed by atoms with van der Waals surface area (Å²) in [5, 5.41) is 0. The van der Waals surface area contributed by atoms with Crippen LogP contribution in [0.25, 0.3) is 0 Å². The van der Waals surface area contributed by atoms with Gasteiger partial charge < -0.3 is 15.2 Å². The van der Waals surface area contributed by atoms with Crippen molar-refractivity contribution in [2.75, 3.05) is 19.8 Å². The first-order chi connectivity index (χ1) is 9.68. The molecule has 22 heavy (non-hydrogen) atoms. The fraction of sp³-hybridized carbons (Fsp3) is 1.00. The molecule has 0 amide bonds. The number of ether oxygens (including phenoxy) is 2. The topological polar surface area (TPSA) is 44.5 Å². The van der Waals surface area contributed by atoms with Gasteiger partial charge in [-0.2, -0.15) is 12.6 Å². The van der Waals surface area contributed by atoms with Crippen LogP contribution in [-0.4, -0.2) is 35.7 Å². The van der Waals surface area contributed by atoms with E-state index in [1.165, 1.54) is 0 Å². The van der Waals surface area contributed by atoms with Gasteiger partial charge >= 0.3 is 0 Å². The van der Waals surface area contributed by atoms with Gasteiger partial charge in [-0.15, -0.1) is 0 Å². The van der Waals surface area contributed by atoms with Crippen molar-refractivity contribution in [3.8, 4) is 0 Å². The van der Waals surface area contributed by atoms with Crippen molar-refractivity contribution in [2.24, 2.45) is 11.1 Å². The Morgan fingerprint density at radius 1 is 0.773 bits per heavy atom. The van der Waals surface area contributed by atoms with E-state index in [1.807, 2.05) is 0 Å². The number of rotatable bonds is 11. The van der Waals surface area contributed by atoms with Crippen LogP contribution < -0.4 is 5.73 Å². The maximum Gasteiger partial charge on any atom is 0.0649 e. The number of hydrogen-bond donors (Lipinski definition) is 2. The monoisotopic (exact) mass is 333 g/mol. The molecule has 4 heteroatoms. The Kier molecular flexibility index (Phi) is 8.45. The minimum absolute atomic E-state index is 0.0393. The fourth-order valence-corrected chi connectivity index (χ4v) is 3.85. The summed E-state index contributed by atoms with van der Waals surface area (Å²) in [6, 6.07) is 0. The molecule has 0 aromatic heterocycles. The van der Waals surface area contributed by atoms with Crippen molar-refractivity contribution in [2.45, 2.75) is 90.6 Å². The van der Waals surface area contributed by atoms with Gasteiger partial charge in [-0.1, -0.05) is 27.7 Å². The first-order valence-corrected chi connectivity index (χ1v) is 8.83. The van der Waals surface area contributed by atoms with E-state index in [9.17, 15) is 0 Å². The average molecular weight is 334 g/mol. The predicted molar refractivity (Wildman–Crippen MR) is 99.8 cm³/mol. The van der Waals surface area contributed by atoms with Crippen molar-refractivity contribution in [1.29, 1.82) is 0 Å². The van der Waals surface area contributed by atoms with Gasteiger partial charge in [0.25, 0.3) is 0 Å². The van der Waals surface area contributed by atoms with Crippen LogP contribution >= 0.6 is 12.6 Å². The smallest absolute Gasteiger partial charge is 0.0649 e. The third-order valence-corrected chi connectivity index (χ3v) is 3.78. The molecular formula is C18H39NO2S. The zero-order chi connectivity index (χ0) is 17.7. The summed E-state index contributed by atoms with van der Waals surface area (Å²) >= 11 is 4.67. The molecular weight excluding hydrogens is 294 g/mol. The van der Waals surface area contributed by atoms with Gasteiger partial charge in [0.1, 0.15) is 0 Å². The quantitative estimate of drug-likeness (QED) is 0.549. The molecule has 0 atom stereocenters. The molecule has 0 aliphatic rings. The molecule has 0 fully saturated rings. The maximum atomic E-state index is 6.16. The third-order valence-electron chi connectivity index (χ3n) is 3.62. The zero-order valence-electron chi connectivity index (χ0n) is 16.1. The van der Waals surface area contributed by atoms with Crippen LogP contribution in [0, 0.1) is 5.41 Å². The molecule has 0 bridgehead atoms. The Morgan fingerprint density at radius 2 is 1.27 bits per heavy atom. The first kappa shape index (κ1) is 22.2. The van der Waals surface area contributed by atoms with Gasteiger partial charge in [-0.05, 0) is 52.4 Å². The van der Waals surface area contributed by atoms with E-state index < -0.39 is 0 Å². The molecule has 0 radical (unpaired) electrons. The lowest BCUT2D eigenvalue weighted by Crippen LogP contribution is -2.36. The molecule has 0 aromatic carbocycles. The lowest BCUT2D eigenvalue weighted by molar-refractivity contribution is -0.0835. The summed E-state index contributed by atoms with van der Waals surface area (Å²) < 4.78 is 11.9. The average Bonchev–Trinajstić information content (AvgIpc) is 2.20. The molecule has 134 valence electrons. The van der Waals surface area contributed by atoms with Crippen molar-refractivity contribution < 1.29 is 9.47 Å². The van der Waals surface area contributed by atoms with E-state index >= 15 is 0 Å². The predicted octanol–water partition coefficient (Wildman–Crippen LogP) is 4.44. The van der Waals surface area contributed by atoms with Crippen molar-refractivity contribution in [3.05, 3.63) is 0 Å². The summed E-state index contributed by atoms with van der Waals surface area (Å²) in [6.45, 7) is 19.3. The van der Waals surface area contributed by atoms with E-state index in [4.69, 9.17) is 15.2 Å². The summed E-state index contributed by atoms with van der Waals surface area (Å²) in [5.41, 5.74) is 5.36. The van der Waals surface area contributed by atoms with Crippen molar-refractivity contribution >= 4 is 12.6 Å². The van der Waals surface area contributed by atoms with Gasteiger partial charge in [-0.25, -0.2) is 0 Å². The fourth-order valence-electron chi connectivity index (χ4n) is 3.42. The standard InChI is InChI=1S/C18H39NO2S/c1-15(2,14-18(7,8)22)13-17(5,6)20-11-9-16(3,4)21-12-10-19/h22H,9-14,19H2,1-8H3. The molecule has 0 aliphatic carbocycles. The molecule has 2 N–H and O–H groups in total. The number of nitrogens with two attached hydrogens (primary N) is 1. The Morgan fingerprint density at radius 3 is 1.73 bits per heavy atom. The van der Waals surface area contributed by atoms with Gasteiger partial charge in [-0.3, -0.25) is 0 Å². The molecule has 0 aromatic rings. The van der Waals surface area contributed by atoms with Crippen LogP contribution in [0.4, 0.5) is 0 Å². The molecule has 3 nitrogen and oxygen atoms in total. The van der Waals surface area contributed by atoms with E-state index in [0.717, 1.165) is 19.3 Å². The molecule has 0 aliphatic heterocycles. The molecule has 0 rings (SSSR count). The summed E-state index contributed by atoms with van der Waals surface area (Å²) in [5.74, 6) is 0. The highest BCUT2D eigenvalue weighted by atomic mass is 32.1. The summed E-state index contributed by atoms with van der Waals surface area (Å²) in [7, 11) is 0. The van der Waals surface area contributed by atoms with E-state index in [0.29, 0.717) is 19.8 Å². The normalized spacial score (nSPS) is 14.5. The molecule has 0 spiro atoms. The van der Waals surface area contributed by atoms with Gasteiger partial charge in [0, 0.05) is 11.3 Å². The lowest BCUT2D eigenvalue weighted by Gasteiger charge is -2.39. The van der Waals surface area contributed by atoms with Crippen LogP contribution in [0.5, 0.6) is 0 Å². The Labute approximate surface area is 144 Å². The highest BCUT2D eigenvalue weighted by molar-refractivity contribution is 7.81. The minimum atomic E-state index is -0.182. The van der Waals surface area contributed by atoms with Crippen molar-refractivity contribution in [1.82, 2.24) is 0 Å². The Bertz CT molecular complexity index is 320. The van der Waals surface area contributed by atoms with Crippen LogP contribution in [0.2, 0.25) is 0 Å². The molecule has 0 heterocycles. The van der Waals surface area contributed by atoms with Gasteiger partial charge in [0.05, 0.1) is 24.4 Å². The van der Waals surface area contributed by atoms with E-state index in [1.54, 1.807) is 0 Å². The van der Waals surface area contributed by atoms with E-state index in [2.05, 4.69) is 68.0 Å². The second-order valence-electron chi connectivity index (χ2n) is 9.09. The molecule has 0 saturated carbocycles.